The van der Waals surface area contributed by atoms with Gasteiger partial charge in [-0.05, 0) is 63.3 Å². The molecule has 1 aromatic heterocycles. The van der Waals surface area contributed by atoms with Crippen LogP contribution in [-0.4, -0.2) is 104 Å². The number of halogens is 1. The molecule has 3 amide bonds. The summed E-state index contributed by atoms with van der Waals surface area (Å²) in [7, 11) is 0. The number of amides is 3. The molecule has 2 aromatic carbocycles. The van der Waals surface area contributed by atoms with Crippen LogP contribution in [0.4, 0.5) is 9.18 Å². The summed E-state index contributed by atoms with van der Waals surface area (Å²) < 4.78 is 13.5. The Bertz CT molecular complexity index is 1560. The SMILES string of the molecule is Cc1nc(CN(C(=O)O)[C@H](C(=O)N[C@@H](Cc2ccccc2)[C@H](O)CN2CCN(Cc3ccc(F)cc3)C[C@H]2C(=O)NC(C)(C)C)C(C)C)cs1. The summed E-state index contributed by atoms with van der Waals surface area (Å²) in [6.07, 6.45) is -2.05. The molecule has 0 unspecified atom stereocenters. The number of β-amino-alcohol motifs (C(OH)–C–C–N with tert-alkyl or cyclic N) is 1. The standard InChI is InChI=1S/C37H51FN6O5S/c1-24(2)33(44(36(48)49)20-29-23-50-25(3)39-29)35(47)40-30(18-26-10-8-7-9-11-26)32(45)22-43-17-16-42(19-27-12-14-28(38)15-13-27)21-31(43)34(46)41-37(4,5)6/h7-15,23-24,30-33,45H,16-22H2,1-6H3,(H,40,47)(H,41,46)(H,48,49)/t30-,31-,32+,33-/m0/s1. The predicted molar refractivity (Wildman–Crippen MR) is 192 cm³/mol. The number of aromatic nitrogens is 1. The lowest BCUT2D eigenvalue weighted by molar-refractivity contribution is -0.133. The molecular weight excluding hydrogens is 660 g/mol. The first-order chi connectivity index (χ1) is 23.6. The summed E-state index contributed by atoms with van der Waals surface area (Å²) in [4.78, 5) is 49.8. The molecule has 0 bridgehead atoms. The van der Waals surface area contributed by atoms with Crippen LogP contribution in [0.5, 0.6) is 0 Å². The molecule has 1 saturated heterocycles. The maximum absolute atomic E-state index is 14.0. The average Bonchev–Trinajstić information content (AvgIpc) is 3.46. The zero-order chi connectivity index (χ0) is 36.6. The summed E-state index contributed by atoms with van der Waals surface area (Å²) >= 11 is 1.41. The van der Waals surface area contributed by atoms with Crippen molar-refractivity contribution >= 4 is 29.2 Å². The maximum Gasteiger partial charge on any atom is 0.408 e. The summed E-state index contributed by atoms with van der Waals surface area (Å²) in [5.74, 6) is -1.37. The van der Waals surface area contributed by atoms with Crippen LogP contribution < -0.4 is 10.6 Å². The highest BCUT2D eigenvalue weighted by atomic mass is 32.1. The molecule has 0 radical (unpaired) electrons. The Morgan fingerprint density at radius 1 is 1.06 bits per heavy atom. The Kier molecular flexibility index (Phi) is 13.5. The van der Waals surface area contributed by atoms with E-state index in [0.717, 1.165) is 21.0 Å². The van der Waals surface area contributed by atoms with Crippen LogP contribution in [0.3, 0.4) is 0 Å². The molecule has 4 rings (SSSR count). The highest BCUT2D eigenvalue weighted by Gasteiger charge is 2.38. The quantitative estimate of drug-likeness (QED) is 0.195. The van der Waals surface area contributed by atoms with E-state index in [1.54, 1.807) is 31.4 Å². The fourth-order valence-corrected chi connectivity index (χ4v) is 6.92. The third-order valence-corrected chi connectivity index (χ3v) is 9.51. The third kappa shape index (κ3) is 11.3. The predicted octanol–water partition coefficient (Wildman–Crippen LogP) is 4.28. The topological polar surface area (TPSA) is 138 Å². The van der Waals surface area contributed by atoms with Crippen molar-refractivity contribution in [3.8, 4) is 0 Å². The molecule has 272 valence electrons. The van der Waals surface area contributed by atoms with Gasteiger partial charge in [0, 0.05) is 43.6 Å². The van der Waals surface area contributed by atoms with E-state index in [1.165, 1.54) is 23.5 Å². The van der Waals surface area contributed by atoms with Gasteiger partial charge in [-0.25, -0.2) is 14.2 Å². The molecule has 0 saturated carbocycles. The Morgan fingerprint density at radius 3 is 2.32 bits per heavy atom. The van der Waals surface area contributed by atoms with E-state index in [1.807, 2.05) is 62.9 Å². The van der Waals surface area contributed by atoms with Crippen molar-refractivity contribution < 1.29 is 29.0 Å². The number of carbonyl (C=O) groups is 3. The molecular formula is C37H51FN6O5S. The number of carboxylic acid groups (broad SMARTS) is 1. The van der Waals surface area contributed by atoms with E-state index < -0.39 is 41.8 Å². The number of benzene rings is 2. The van der Waals surface area contributed by atoms with E-state index in [-0.39, 0.29) is 30.7 Å². The molecule has 1 aliphatic heterocycles. The number of nitrogens with one attached hydrogen (secondary N) is 2. The van der Waals surface area contributed by atoms with Crippen molar-refractivity contribution in [1.82, 2.24) is 30.3 Å². The summed E-state index contributed by atoms with van der Waals surface area (Å²) in [6.45, 7) is 13.2. The molecule has 11 nitrogen and oxygen atoms in total. The van der Waals surface area contributed by atoms with Crippen LogP contribution in [0.1, 0.15) is 56.4 Å². The molecule has 0 spiro atoms. The lowest BCUT2D eigenvalue weighted by Gasteiger charge is -2.43. The van der Waals surface area contributed by atoms with Gasteiger partial charge in [0.15, 0.2) is 0 Å². The average molecular weight is 711 g/mol. The molecule has 1 fully saturated rings. The number of nitrogens with zero attached hydrogens (tertiary/aromatic N) is 4. The zero-order valence-electron chi connectivity index (χ0n) is 29.8. The van der Waals surface area contributed by atoms with Crippen molar-refractivity contribution in [3.05, 3.63) is 87.6 Å². The highest BCUT2D eigenvalue weighted by Crippen LogP contribution is 2.21. The number of aliphatic hydroxyl groups excluding tert-OH is 1. The number of hydrogen-bond donors (Lipinski definition) is 4. The summed E-state index contributed by atoms with van der Waals surface area (Å²) in [6, 6.07) is 13.4. The van der Waals surface area contributed by atoms with Crippen LogP contribution in [0.2, 0.25) is 0 Å². The molecule has 3 aromatic rings. The Balaban J connectivity index is 1.56. The minimum atomic E-state index is -1.24. The zero-order valence-corrected chi connectivity index (χ0v) is 30.6. The molecule has 4 atom stereocenters. The fourth-order valence-electron chi connectivity index (χ4n) is 6.32. The van der Waals surface area contributed by atoms with Crippen LogP contribution in [-0.2, 0) is 29.1 Å². The Hall–Kier alpha value is -3.91. The fraction of sp³-hybridized carbons (Fsp3) is 0.514. The first-order valence-electron chi connectivity index (χ1n) is 17.1. The van der Waals surface area contributed by atoms with Crippen molar-refractivity contribution in [1.29, 1.82) is 0 Å². The number of aliphatic hydroxyl groups is 1. The van der Waals surface area contributed by atoms with E-state index >= 15 is 0 Å². The third-order valence-electron chi connectivity index (χ3n) is 8.69. The van der Waals surface area contributed by atoms with Gasteiger partial charge in [-0.1, -0.05) is 56.3 Å². The van der Waals surface area contributed by atoms with E-state index in [0.29, 0.717) is 38.3 Å². The van der Waals surface area contributed by atoms with Crippen LogP contribution in [0.15, 0.2) is 60.0 Å². The van der Waals surface area contributed by atoms with Crippen molar-refractivity contribution in [2.24, 2.45) is 5.92 Å². The number of piperazine rings is 1. The lowest BCUT2D eigenvalue weighted by Crippen LogP contribution is -2.63. The van der Waals surface area contributed by atoms with Crippen LogP contribution in [0.25, 0.3) is 0 Å². The lowest BCUT2D eigenvalue weighted by atomic mass is 9.97. The number of aryl methyl sites for hydroxylation is 1. The van der Waals surface area contributed by atoms with E-state index in [2.05, 4.69) is 20.5 Å². The van der Waals surface area contributed by atoms with E-state index in [9.17, 15) is 29.0 Å². The second-order valence-corrected chi connectivity index (χ2v) is 15.5. The van der Waals surface area contributed by atoms with Gasteiger partial charge in [-0.2, -0.15) is 0 Å². The smallest absolute Gasteiger partial charge is 0.408 e. The normalized spacial score (nSPS) is 17.6. The Labute approximate surface area is 298 Å². The largest absolute Gasteiger partial charge is 0.465 e. The minimum Gasteiger partial charge on any atom is -0.465 e. The second-order valence-electron chi connectivity index (χ2n) is 14.4. The van der Waals surface area contributed by atoms with Gasteiger partial charge >= 0.3 is 6.09 Å². The van der Waals surface area contributed by atoms with Gasteiger partial charge in [0.1, 0.15) is 17.9 Å². The van der Waals surface area contributed by atoms with Crippen molar-refractivity contribution in [2.45, 2.75) is 90.8 Å². The van der Waals surface area contributed by atoms with Gasteiger partial charge in [-0.3, -0.25) is 24.3 Å². The van der Waals surface area contributed by atoms with Crippen LogP contribution in [0, 0.1) is 18.7 Å². The maximum atomic E-state index is 14.0. The monoisotopic (exact) mass is 710 g/mol. The first kappa shape index (κ1) is 38.9. The second kappa shape index (κ2) is 17.3. The van der Waals surface area contributed by atoms with Gasteiger partial charge < -0.3 is 20.8 Å². The Morgan fingerprint density at radius 2 is 1.74 bits per heavy atom. The van der Waals surface area contributed by atoms with Crippen LogP contribution >= 0.6 is 11.3 Å². The summed E-state index contributed by atoms with van der Waals surface area (Å²) in [5, 5.41) is 30.7. The number of thiazole rings is 1. The molecule has 13 heteroatoms. The highest BCUT2D eigenvalue weighted by molar-refractivity contribution is 7.09. The number of carbonyl (C=O) groups excluding carboxylic acids is 2. The molecule has 4 N–H and O–H groups in total. The van der Waals surface area contributed by atoms with Gasteiger partial charge in [0.2, 0.25) is 11.8 Å². The van der Waals surface area contributed by atoms with Gasteiger partial charge in [0.05, 0.1) is 29.4 Å². The molecule has 50 heavy (non-hydrogen) atoms. The first-order valence-corrected chi connectivity index (χ1v) is 17.9. The molecule has 2 heterocycles. The minimum absolute atomic E-state index is 0.0470. The van der Waals surface area contributed by atoms with Gasteiger partial charge in [0.25, 0.3) is 0 Å². The number of hydrogen-bond acceptors (Lipinski definition) is 8. The summed E-state index contributed by atoms with van der Waals surface area (Å²) in [5.41, 5.74) is 1.90. The van der Waals surface area contributed by atoms with Gasteiger partial charge in [-0.15, -0.1) is 11.3 Å². The van der Waals surface area contributed by atoms with E-state index in [4.69, 9.17) is 0 Å². The molecule has 0 aliphatic carbocycles. The van der Waals surface area contributed by atoms with Crippen molar-refractivity contribution in [2.75, 3.05) is 26.2 Å². The molecule has 1 aliphatic rings. The van der Waals surface area contributed by atoms with Crippen molar-refractivity contribution in [3.63, 3.8) is 0 Å². The number of rotatable bonds is 14.